The largest absolute Gasteiger partial charge is 0.393 e. The Morgan fingerprint density at radius 3 is 2.27 bits per heavy atom. The van der Waals surface area contributed by atoms with Gasteiger partial charge < -0.3 is 10.2 Å². The minimum atomic E-state index is -0.171. The summed E-state index contributed by atoms with van der Waals surface area (Å²) < 4.78 is 0. The van der Waals surface area contributed by atoms with E-state index in [9.17, 15) is 5.11 Å². The highest BCUT2D eigenvalue weighted by molar-refractivity contribution is 4.72. The van der Waals surface area contributed by atoms with Gasteiger partial charge in [-0.25, -0.2) is 0 Å². The molecule has 0 amide bonds. The van der Waals surface area contributed by atoms with Gasteiger partial charge in [0, 0.05) is 0 Å². The maximum Gasteiger partial charge on any atom is 0.0540 e. The lowest BCUT2D eigenvalue weighted by Gasteiger charge is -2.25. The molecule has 1 fully saturated rings. The number of aliphatic hydroxyl groups excluding tert-OH is 2. The number of rotatable bonds is 2. The van der Waals surface area contributed by atoms with Crippen molar-refractivity contribution in [3.05, 3.63) is 0 Å². The van der Waals surface area contributed by atoms with Crippen LogP contribution in [-0.2, 0) is 0 Å². The normalized spacial score (nSPS) is 35.2. The van der Waals surface area contributed by atoms with Crippen molar-refractivity contribution >= 4 is 0 Å². The molecule has 2 nitrogen and oxygen atoms in total. The van der Waals surface area contributed by atoms with E-state index in [1.54, 1.807) is 0 Å². The van der Waals surface area contributed by atoms with Crippen molar-refractivity contribution in [2.45, 2.75) is 51.2 Å². The molecule has 1 saturated carbocycles. The molecule has 0 aromatic heterocycles. The van der Waals surface area contributed by atoms with Crippen LogP contribution in [0.5, 0.6) is 0 Å². The van der Waals surface area contributed by atoms with Crippen LogP contribution in [0.3, 0.4) is 0 Å². The highest BCUT2D eigenvalue weighted by Crippen LogP contribution is 2.27. The van der Waals surface area contributed by atoms with Crippen molar-refractivity contribution in [2.24, 2.45) is 5.92 Å². The average molecular weight is 158 g/mol. The number of hydrogen-bond donors (Lipinski definition) is 2. The molecule has 1 unspecified atom stereocenters. The second-order valence-corrected chi connectivity index (χ2v) is 3.76. The highest BCUT2D eigenvalue weighted by Gasteiger charge is 2.19. The lowest BCUT2D eigenvalue weighted by Crippen LogP contribution is -2.20. The molecule has 0 saturated heterocycles. The van der Waals surface area contributed by atoms with E-state index in [-0.39, 0.29) is 12.2 Å². The first-order chi connectivity index (χ1) is 5.18. The van der Waals surface area contributed by atoms with Crippen LogP contribution in [0, 0.1) is 5.92 Å². The van der Waals surface area contributed by atoms with E-state index < -0.39 is 0 Å². The van der Waals surface area contributed by atoms with Crippen LogP contribution >= 0.6 is 0 Å². The zero-order valence-corrected chi connectivity index (χ0v) is 7.16. The third kappa shape index (κ3) is 3.21. The molecule has 1 rings (SSSR count). The molecule has 1 aliphatic carbocycles. The van der Waals surface area contributed by atoms with Gasteiger partial charge in [-0.1, -0.05) is 0 Å². The standard InChI is InChI=1S/C9H18O2/c1-7(10)6-8-2-4-9(11)5-3-8/h7-11H,2-6H2,1H3. The molecular weight excluding hydrogens is 140 g/mol. The van der Waals surface area contributed by atoms with Crippen molar-refractivity contribution < 1.29 is 10.2 Å². The summed E-state index contributed by atoms with van der Waals surface area (Å²) in [5, 5.41) is 18.3. The SMILES string of the molecule is CC(O)CC1CCC(O)CC1. The smallest absolute Gasteiger partial charge is 0.0540 e. The maximum absolute atomic E-state index is 9.20. The topological polar surface area (TPSA) is 40.5 Å². The van der Waals surface area contributed by atoms with Crippen molar-refractivity contribution in [3.8, 4) is 0 Å². The Kier molecular flexibility index (Phi) is 3.34. The number of aliphatic hydroxyl groups is 2. The monoisotopic (exact) mass is 158 g/mol. The van der Waals surface area contributed by atoms with E-state index >= 15 is 0 Å². The van der Waals surface area contributed by atoms with Gasteiger partial charge in [0.25, 0.3) is 0 Å². The van der Waals surface area contributed by atoms with Gasteiger partial charge in [0.1, 0.15) is 0 Å². The molecule has 0 aliphatic heterocycles. The van der Waals surface area contributed by atoms with E-state index in [4.69, 9.17) is 5.11 Å². The fraction of sp³-hybridized carbons (Fsp3) is 1.00. The van der Waals surface area contributed by atoms with Crippen LogP contribution in [0.15, 0.2) is 0 Å². The fourth-order valence-electron chi connectivity index (χ4n) is 1.86. The summed E-state index contributed by atoms with van der Waals surface area (Å²) in [7, 11) is 0. The third-order valence-corrected chi connectivity index (χ3v) is 2.49. The van der Waals surface area contributed by atoms with Gasteiger partial charge in [0.2, 0.25) is 0 Å². The van der Waals surface area contributed by atoms with E-state index in [1.165, 1.54) is 0 Å². The van der Waals surface area contributed by atoms with Gasteiger partial charge in [-0.15, -0.1) is 0 Å². The van der Waals surface area contributed by atoms with Crippen molar-refractivity contribution in [1.29, 1.82) is 0 Å². The van der Waals surface area contributed by atoms with Gasteiger partial charge in [-0.3, -0.25) is 0 Å². The molecule has 0 aromatic carbocycles. The molecule has 1 aliphatic rings. The van der Waals surface area contributed by atoms with Crippen LogP contribution in [-0.4, -0.2) is 22.4 Å². The van der Waals surface area contributed by atoms with Crippen molar-refractivity contribution in [2.75, 3.05) is 0 Å². The van der Waals surface area contributed by atoms with Gasteiger partial charge in [-0.05, 0) is 44.9 Å². The Hall–Kier alpha value is -0.0800. The van der Waals surface area contributed by atoms with E-state index in [1.807, 2.05) is 6.92 Å². The van der Waals surface area contributed by atoms with E-state index in [0.717, 1.165) is 32.1 Å². The Labute approximate surface area is 68.2 Å². The molecule has 0 radical (unpaired) electrons. The van der Waals surface area contributed by atoms with Crippen molar-refractivity contribution in [3.63, 3.8) is 0 Å². The van der Waals surface area contributed by atoms with Crippen LogP contribution in [0.25, 0.3) is 0 Å². The minimum Gasteiger partial charge on any atom is -0.393 e. The Balaban J connectivity index is 2.17. The summed E-state index contributed by atoms with van der Waals surface area (Å²) in [6.07, 6.45) is 4.70. The average Bonchev–Trinajstić information content (AvgIpc) is 1.93. The zero-order valence-electron chi connectivity index (χ0n) is 7.16. The molecule has 0 heterocycles. The molecule has 11 heavy (non-hydrogen) atoms. The summed E-state index contributed by atoms with van der Waals surface area (Å²) >= 11 is 0. The van der Waals surface area contributed by atoms with Gasteiger partial charge in [0.05, 0.1) is 12.2 Å². The molecule has 2 N–H and O–H groups in total. The first-order valence-electron chi connectivity index (χ1n) is 4.54. The molecular formula is C9H18O2. The van der Waals surface area contributed by atoms with Crippen LogP contribution in [0.2, 0.25) is 0 Å². The molecule has 66 valence electrons. The lowest BCUT2D eigenvalue weighted by atomic mass is 9.84. The molecule has 1 atom stereocenters. The van der Waals surface area contributed by atoms with Gasteiger partial charge in [0.15, 0.2) is 0 Å². The summed E-state index contributed by atoms with van der Waals surface area (Å²) in [6.45, 7) is 1.84. The Morgan fingerprint density at radius 1 is 1.27 bits per heavy atom. The third-order valence-electron chi connectivity index (χ3n) is 2.49. The lowest BCUT2D eigenvalue weighted by molar-refractivity contribution is 0.0851. The predicted molar refractivity (Wildman–Crippen MR) is 44.3 cm³/mol. The first kappa shape index (κ1) is 9.01. The maximum atomic E-state index is 9.20. The first-order valence-corrected chi connectivity index (χ1v) is 4.54. The predicted octanol–water partition coefficient (Wildman–Crippen LogP) is 1.31. The van der Waals surface area contributed by atoms with Crippen LogP contribution in [0.4, 0.5) is 0 Å². The minimum absolute atomic E-state index is 0.0692. The molecule has 0 bridgehead atoms. The summed E-state index contributed by atoms with van der Waals surface area (Å²) in [4.78, 5) is 0. The number of hydrogen-bond acceptors (Lipinski definition) is 2. The zero-order chi connectivity index (χ0) is 8.27. The second-order valence-electron chi connectivity index (χ2n) is 3.76. The van der Waals surface area contributed by atoms with Crippen LogP contribution < -0.4 is 0 Å². The van der Waals surface area contributed by atoms with E-state index in [0.29, 0.717) is 5.92 Å². The summed E-state index contributed by atoms with van der Waals surface area (Å²) in [6, 6.07) is 0. The second kappa shape index (κ2) is 4.07. The van der Waals surface area contributed by atoms with E-state index in [2.05, 4.69) is 0 Å². The molecule has 0 spiro atoms. The summed E-state index contributed by atoms with van der Waals surface area (Å²) in [5.41, 5.74) is 0. The highest BCUT2D eigenvalue weighted by atomic mass is 16.3. The Morgan fingerprint density at radius 2 is 1.82 bits per heavy atom. The summed E-state index contributed by atoms with van der Waals surface area (Å²) in [5.74, 6) is 0.651. The quantitative estimate of drug-likeness (QED) is 0.636. The molecule has 2 heteroatoms. The Bertz CT molecular complexity index is 104. The molecule has 0 aromatic rings. The van der Waals surface area contributed by atoms with Gasteiger partial charge in [-0.2, -0.15) is 0 Å². The fourth-order valence-corrected chi connectivity index (χ4v) is 1.86. The van der Waals surface area contributed by atoms with Crippen molar-refractivity contribution in [1.82, 2.24) is 0 Å². The van der Waals surface area contributed by atoms with Crippen LogP contribution in [0.1, 0.15) is 39.0 Å². The van der Waals surface area contributed by atoms with Gasteiger partial charge >= 0.3 is 0 Å².